The third-order valence-corrected chi connectivity index (χ3v) is 10.3. The SMILES string of the molecule is CC(C)(O)CNC(=O)C[C@]1(O)C2CC[C@@H]1C[C@@H](S(=O)(=O)c1cc(C(=O)Nc3ccc(F)c(F)c3)ccc1Cl)C2. The molecule has 0 radical (unpaired) electrons. The second kappa shape index (κ2) is 10.8. The molecule has 1 unspecified atom stereocenters. The van der Waals surface area contributed by atoms with Crippen LogP contribution in [0.25, 0.3) is 0 Å². The van der Waals surface area contributed by atoms with E-state index in [1.54, 1.807) is 13.8 Å². The first-order chi connectivity index (χ1) is 18.1. The minimum atomic E-state index is -4.03. The maximum absolute atomic E-state index is 13.7. The van der Waals surface area contributed by atoms with Gasteiger partial charge in [0.05, 0.1) is 32.8 Å². The van der Waals surface area contributed by atoms with Gasteiger partial charge in [-0.1, -0.05) is 11.6 Å². The summed E-state index contributed by atoms with van der Waals surface area (Å²) in [5.74, 6) is -4.22. The normalized spacial score (nSPS) is 24.8. The molecule has 2 aliphatic rings. The lowest BCUT2D eigenvalue weighted by molar-refractivity contribution is -0.133. The fraction of sp³-hybridized carbons (Fsp3) is 0.481. The molecule has 2 fully saturated rings. The van der Waals surface area contributed by atoms with E-state index in [-0.39, 0.29) is 47.0 Å². The molecule has 0 aliphatic heterocycles. The van der Waals surface area contributed by atoms with E-state index in [0.29, 0.717) is 12.8 Å². The van der Waals surface area contributed by atoms with Gasteiger partial charge in [-0.25, -0.2) is 17.2 Å². The van der Waals surface area contributed by atoms with Gasteiger partial charge >= 0.3 is 0 Å². The molecule has 12 heteroatoms. The van der Waals surface area contributed by atoms with Crippen molar-refractivity contribution in [2.24, 2.45) is 11.8 Å². The predicted molar refractivity (Wildman–Crippen MR) is 141 cm³/mol. The van der Waals surface area contributed by atoms with Gasteiger partial charge < -0.3 is 20.8 Å². The van der Waals surface area contributed by atoms with Gasteiger partial charge in [0.2, 0.25) is 5.91 Å². The third-order valence-electron chi connectivity index (χ3n) is 7.65. The first kappa shape index (κ1) is 29.4. The molecule has 2 amide bonds. The summed E-state index contributed by atoms with van der Waals surface area (Å²) in [7, 11) is -4.03. The van der Waals surface area contributed by atoms with Crippen molar-refractivity contribution < 1.29 is 37.0 Å². The Labute approximate surface area is 230 Å². The largest absolute Gasteiger partial charge is 0.389 e. The van der Waals surface area contributed by atoms with Crippen molar-refractivity contribution >= 4 is 38.9 Å². The van der Waals surface area contributed by atoms with Crippen LogP contribution in [0.3, 0.4) is 0 Å². The zero-order valence-corrected chi connectivity index (χ0v) is 23.1. The highest BCUT2D eigenvalue weighted by molar-refractivity contribution is 7.92. The Balaban J connectivity index is 1.51. The van der Waals surface area contributed by atoms with Gasteiger partial charge in [0.1, 0.15) is 0 Å². The smallest absolute Gasteiger partial charge is 0.255 e. The molecule has 2 aliphatic carbocycles. The predicted octanol–water partition coefficient (Wildman–Crippen LogP) is 3.84. The van der Waals surface area contributed by atoms with Crippen LogP contribution in [0.2, 0.25) is 5.02 Å². The Hall–Kier alpha value is -2.60. The number of rotatable bonds is 8. The topological polar surface area (TPSA) is 133 Å². The van der Waals surface area contributed by atoms with E-state index in [4.69, 9.17) is 11.6 Å². The molecule has 2 bridgehead atoms. The fourth-order valence-corrected chi connectivity index (χ4v) is 8.01. The molecule has 0 saturated heterocycles. The molecular weight excluding hydrogens is 554 g/mol. The summed E-state index contributed by atoms with van der Waals surface area (Å²) in [6, 6.07) is 6.61. The van der Waals surface area contributed by atoms with Gasteiger partial charge in [0, 0.05) is 23.9 Å². The number of nitrogens with one attached hydrogen (secondary N) is 2. The lowest BCUT2D eigenvalue weighted by Gasteiger charge is -2.42. The van der Waals surface area contributed by atoms with Crippen molar-refractivity contribution in [1.82, 2.24) is 5.32 Å². The summed E-state index contributed by atoms with van der Waals surface area (Å²) >= 11 is 6.26. The number of benzene rings is 2. The van der Waals surface area contributed by atoms with Gasteiger partial charge in [-0.2, -0.15) is 0 Å². The lowest BCUT2D eigenvalue weighted by atomic mass is 9.72. The molecule has 39 heavy (non-hydrogen) atoms. The van der Waals surface area contributed by atoms with E-state index in [1.807, 2.05) is 0 Å². The van der Waals surface area contributed by atoms with E-state index in [9.17, 15) is 37.0 Å². The second-order valence-electron chi connectivity index (χ2n) is 11.1. The summed E-state index contributed by atoms with van der Waals surface area (Å²) in [4.78, 5) is 25.0. The number of hydrogen-bond acceptors (Lipinski definition) is 6. The van der Waals surface area contributed by atoms with Gasteiger partial charge in [-0.3, -0.25) is 9.59 Å². The van der Waals surface area contributed by atoms with Gasteiger partial charge in [0.15, 0.2) is 21.5 Å². The molecular formula is C27H31ClF2N2O6S. The van der Waals surface area contributed by atoms with E-state index in [2.05, 4.69) is 10.6 Å². The molecule has 212 valence electrons. The number of carbonyl (C=O) groups excluding carboxylic acids is 2. The number of halogens is 3. The minimum Gasteiger partial charge on any atom is -0.389 e. The third kappa shape index (κ3) is 6.26. The summed E-state index contributed by atoms with van der Waals surface area (Å²) < 4.78 is 54.1. The van der Waals surface area contributed by atoms with E-state index >= 15 is 0 Å². The highest BCUT2D eigenvalue weighted by Crippen LogP contribution is 2.53. The monoisotopic (exact) mass is 584 g/mol. The highest BCUT2D eigenvalue weighted by Gasteiger charge is 2.56. The van der Waals surface area contributed by atoms with Crippen molar-refractivity contribution in [1.29, 1.82) is 0 Å². The quantitative estimate of drug-likeness (QED) is 0.373. The zero-order chi connectivity index (χ0) is 28.8. The maximum atomic E-state index is 13.7. The van der Waals surface area contributed by atoms with Gasteiger partial charge in [-0.15, -0.1) is 0 Å². The van der Waals surface area contributed by atoms with Crippen molar-refractivity contribution in [2.45, 2.75) is 67.3 Å². The van der Waals surface area contributed by atoms with Crippen molar-refractivity contribution in [3.05, 3.63) is 58.6 Å². The molecule has 2 aromatic rings. The Morgan fingerprint density at radius 2 is 1.72 bits per heavy atom. The number of hydrogen-bond donors (Lipinski definition) is 4. The average Bonchev–Trinajstić information content (AvgIpc) is 3.00. The number of sulfone groups is 1. The molecule has 0 aromatic heterocycles. The first-order valence-corrected chi connectivity index (χ1v) is 14.5. The van der Waals surface area contributed by atoms with Crippen molar-refractivity contribution in [2.75, 3.05) is 11.9 Å². The molecule has 4 N–H and O–H groups in total. The van der Waals surface area contributed by atoms with Crippen LogP contribution < -0.4 is 10.6 Å². The Bertz CT molecular complexity index is 1380. The van der Waals surface area contributed by atoms with E-state index in [1.165, 1.54) is 18.2 Å². The van der Waals surface area contributed by atoms with Crippen molar-refractivity contribution in [3.8, 4) is 0 Å². The fourth-order valence-electron chi connectivity index (χ4n) is 5.61. The molecule has 0 heterocycles. The van der Waals surface area contributed by atoms with Crippen LogP contribution in [0.1, 0.15) is 56.3 Å². The summed E-state index contributed by atoms with van der Waals surface area (Å²) in [6.07, 6.45) is 1.18. The van der Waals surface area contributed by atoms with E-state index in [0.717, 1.165) is 18.2 Å². The van der Waals surface area contributed by atoms with Crippen LogP contribution in [-0.2, 0) is 14.6 Å². The van der Waals surface area contributed by atoms with Gasteiger partial charge in [-0.05, 0) is 81.7 Å². The summed E-state index contributed by atoms with van der Waals surface area (Å²) in [5, 5.41) is 25.3. The van der Waals surface area contributed by atoms with Crippen molar-refractivity contribution in [3.63, 3.8) is 0 Å². The zero-order valence-electron chi connectivity index (χ0n) is 21.5. The molecule has 4 rings (SSSR count). The number of aliphatic hydroxyl groups is 2. The Morgan fingerprint density at radius 3 is 2.31 bits per heavy atom. The minimum absolute atomic E-state index is 0.00649. The number of anilines is 1. The molecule has 0 spiro atoms. The molecule has 2 aromatic carbocycles. The standard InChI is InChI=1S/C27H31ClF2N2O6S/c1-26(2,35)14-31-24(33)13-27(36)16-4-5-17(27)11-19(10-16)39(37,38)23-9-15(3-7-20(23)28)25(34)32-18-6-8-21(29)22(30)12-18/h3,6-9,12,16-17,19,35-36H,4-5,10-11,13-14H2,1-2H3,(H,31,33)(H,32,34)/t16-,17?,19-,27-/m1/s1. The van der Waals surface area contributed by atoms with Crippen LogP contribution in [0, 0.1) is 23.5 Å². The first-order valence-electron chi connectivity index (χ1n) is 12.6. The van der Waals surface area contributed by atoms with Gasteiger partial charge in [0.25, 0.3) is 5.91 Å². The van der Waals surface area contributed by atoms with Crippen LogP contribution in [0.4, 0.5) is 14.5 Å². The lowest BCUT2D eigenvalue weighted by Crippen LogP contribution is -2.51. The maximum Gasteiger partial charge on any atom is 0.255 e. The second-order valence-corrected chi connectivity index (χ2v) is 13.7. The van der Waals surface area contributed by atoms with Crippen LogP contribution in [-0.4, -0.2) is 53.4 Å². The Morgan fingerprint density at radius 1 is 1.08 bits per heavy atom. The Kier molecular flexibility index (Phi) is 8.11. The van der Waals surface area contributed by atoms with Crippen LogP contribution >= 0.6 is 11.6 Å². The van der Waals surface area contributed by atoms with Crippen LogP contribution in [0.5, 0.6) is 0 Å². The summed E-state index contributed by atoms with van der Waals surface area (Å²) in [6.45, 7) is 3.12. The highest BCUT2D eigenvalue weighted by atomic mass is 35.5. The molecule has 4 atom stereocenters. The number of amides is 2. The molecule has 2 saturated carbocycles. The number of carbonyl (C=O) groups is 2. The van der Waals surface area contributed by atoms with Crippen LogP contribution in [0.15, 0.2) is 41.3 Å². The number of fused-ring (bicyclic) bond motifs is 2. The summed E-state index contributed by atoms with van der Waals surface area (Å²) in [5.41, 5.74) is -2.51. The van der Waals surface area contributed by atoms with E-state index < -0.39 is 61.6 Å². The molecule has 8 nitrogen and oxygen atoms in total. The average molecular weight is 585 g/mol.